The molecule has 0 radical (unpaired) electrons. The predicted molar refractivity (Wildman–Crippen MR) is 42.0 cm³/mol. The van der Waals surface area contributed by atoms with Crippen molar-refractivity contribution in [3.8, 4) is 0 Å². The van der Waals surface area contributed by atoms with E-state index in [1.807, 2.05) is 13.8 Å². The third kappa shape index (κ3) is 6.60. The van der Waals surface area contributed by atoms with Crippen LogP contribution in [0.5, 0.6) is 0 Å². The fourth-order valence-electron chi connectivity index (χ4n) is 0.812. The van der Waals surface area contributed by atoms with Crippen LogP contribution < -0.4 is 29.6 Å². The Balaban J connectivity index is -0.000000405. The molecule has 11 heavy (non-hydrogen) atoms. The molecule has 0 spiro atoms. The Kier molecular flexibility index (Phi) is 10.4. The van der Waals surface area contributed by atoms with E-state index in [9.17, 15) is 4.79 Å². The monoisotopic (exact) mass is 166 g/mol. The summed E-state index contributed by atoms with van der Waals surface area (Å²) in [6, 6.07) is 0. The molecule has 2 nitrogen and oxygen atoms in total. The van der Waals surface area contributed by atoms with E-state index < -0.39 is 5.97 Å². The fraction of sp³-hybridized carbons (Fsp3) is 0.625. The first-order valence-corrected chi connectivity index (χ1v) is 3.64. The van der Waals surface area contributed by atoms with Crippen LogP contribution in [0.2, 0.25) is 0 Å². The van der Waals surface area contributed by atoms with E-state index in [1.165, 1.54) is 0 Å². The van der Waals surface area contributed by atoms with Crippen molar-refractivity contribution in [1.82, 2.24) is 0 Å². The third-order valence-corrected chi connectivity index (χ3v) is 1.24. The van der Waals surface area contributed by atoms with Crippen LogP contribution in [0.3, 0.4) is 0 Å². The summed E-state index contributed by atoms with van der Waals surface area (Å²) in [6.45, 7) is 3.92. The van der Waals surface area contributed by atoms with Gasteiger partial charge < -0.3 is 6.53 Å². The quantitative estimate of drug-likeness (QED) is 0.444. The summed E-state index contributed by atoms with van der Waals surface area (Å²) in [6.07, 6.45) is 4.16. The van der Waals surface area contributed by atoms with Crippen molar-refractivity contribution < 1.29 is 40.9 Å². The number of carbonyl (C=O) groups is 1. The molecule has 0 aliphatic heterocycles. The second kappa shape index (κ2) is 8.31. The predicted octanol–water partition coefficient (Wildman–Crippen LogP) is -0.676. The molecule has 0 aliphatic rings. The molecule has 3 heteroatoms. The molecular weight excluding hydrogens is 151 g/mol. The molecule has 0 atom stereocenters. The molecule has 0 rings (SSSR count). The van der Waals surface area contributed by atoms with E-state index in [2.05, 4.69) is 0 Å². The molecule has 0 unspecified atom stereocenters. The van der Waals surface area contributed by atoms with Crippen molar-refractivity contribution >= 4 is 5.97 Å². The van der Waals surface area contributed by atoms with Crippen LogP contribution in [0.15, 0.2) is 11.6 Å². The molecule has 0 aromatic heterocycles. The SMILES string of the molecule is CC/C=C(\CCC)C(=O)O.[H-].[Na+]. The number of rotatable bonds is 4. The summed E-state index contributed by atoms with van der Waals surface area (Å²) in [5.74, 6) is -0.774. The number of aliphatic carboxylic acids is 1. The second-order valence-electron chi connectivity index (χ2n) is 2.19. The smallest absolute Gasteiger partial charge is 1.00 e. The van der Waals surface area contributed by atoms with Crippen LogP contribution in [-0.4, -0.2) is 11.1 Å². The number of hydrogen-bond donors (Lipinski definition) is 1. The minimum Gasteiger partial charge on any atom is -1.00 e. The molecule has 0 aliphatic carbocycles. The average Bonchev–Trinajstić information content (AvgIpc) is 1.87. The van der Waals surface area contributed by atoms with Gasteiger partial charge in [0.05, 0.1) is 0 Å². The van der Waals surface area contributed by atoms with Gasteiger partial charge in [-0.1, -0.05) is 26.3 Å². The van der Waals surface area contributed by atoms with Gasteiger partial charge in [-0.15, -0.1) is 0 Å². The van der Waals surface area contributed by atoms with E-state index in [-0.39, 0.29) is 31.0 Å². The largest absolute Gasteiger partial charge is 1.00 e. The maximum absolute atomic E-state index is 10.4. The summed E-state index contributed by atoms with van der Waals surface area (Å²) >= 11 is 0. The zero-order valence-electron chi connectivity index (χ0n) is 8.55. The Labute approximate surface area is 91.5 Å². The number of allylic oxidation sites excluding steroid dienone is 1. The minimum atomic E-state index is -0.774. The number of hydrogen-bond acceptors (Lipinski definition) is 1. The Bertz CT molecular complexity index is 146. The molecular formula is C8H15NaO2. The second-order valence-corrected chi connectivity index (χ2v) is 2.19. The topological polar surface area (TPSA) is 37.3 Å². The van der Waals surface area contributed by atoms with Gasteiger partial charge >= 0.3 is 35.5 Å². The molecule has 0 amide bonds. The van der Waals surface area contributed by atoms with Gasteiger partial charge in [0.25, 0.3) is 0 Å². The van der Waals surface area contributed by atoms with Crippen LogP contribution in [0.4, 0.5) is 0 Å². The molecule has 1 N–H and O–H groups in total. The molecule has 0 saturated carbocycles. The van der Waals surface area contributed by atoms with E-state index >= 15 is 0 Å². The molecule has 0 heterocycles. The zero-order chi connectivity index (χ0) is 7.98. The van der Waals surface area contributed by atoms with Gasteiger partial charge in [-0.05, 0) is 12.8 Å². The van der Waals surface area contributed by atoms with Crippen molar-refractivity contribution in [1.29, 1.82) is 0 Å². The van der Waals surface area contributed by atoms with Gasteiger partial charge in [-0.2, -0.15) is 0 Å². The van der Waals surface area contributed by atoms with Crippen LogP contribution in [0, 0.1) is 0 Å². The van der Waals surface area contributed by atoms with Crippen molar-refractivity contribution in [2.75, 3.05) is 0 Å². The van der Waals surface area contributed by atoms with Crippen LogP contribution in [0.1, 0.15) is 34.5 Å². The number of carboxylic acid groups (broad SMARTS) is 1. The summed E-state index contributed by atoms with van der Waals surface area (Å²) in [7, 11) is 0. The van der Waals surface area contributed by atoms with Gasteiger partial charge in [-0.25, -0.2) is 4.79 Å². The van der Waals surface area contributed by atoms with E-state index in [0.717, 1.165) is 12.8 Å². The Hall–Kier alpha value is 0.210. The van der Waals surface area contributed by atoms with Gasteiger partial charge in [0.1, 0.15) is 0 Å². The van der Waals surface area contributed by atoms with E-state index in [4.69, 9.17) is 5.11 Å². The van der Waals surface area contributed by atoms with Crippen molar-refractivity contribution in [2.24, 2.45) is 0 Å². The van der Waals surface area contributed by atoms with Crippen molar-refractivity contribution in [3.05, 3.63) is 11.6 Å². The Morgan fingerprint density at radius 3 is 2.36 bits per heavy atom. The van der Waals surface area contributed by atoms with Crippen LogP contribution in [-0.2, 0) is 4.79 Å². The first kappa shape index (κ1) is 13.8. The maximum Gasteiger partial charge on any atom is 1.00 e. The summed E-state index contributed by atoms with van der Waals surface area (Å²) < 4.78 is 0. The molecule has 0 aromatic rings. The molecule has 60 valence electrons. The van der Waals surface area contributed by atoms with Crippen molar-refractivity contribution in [2.45, 2.75) is 33.1 Å². The molecule has 0 bridgehead atoms. The number of carboxylic acids is 1. The van der Waals surface area contributed by atoms with E-state index in [0.29, 0.717) is 12.0 Å². The first-order valence-electron chi connectivity index (χ1n) is 3.64. The molecule has 0 saturated heterocycles. The maximum atomic E-state index is 10.4. The fourth-order valence-corrected chi connectivity index (χ4v) is 0.812. The first-order chi connectivity index (χ1) is 4.72. The van der Waals surface area contributed by atoms with Gasteiger partial charge in [0.2, 0.25) is 0 Å². The average molecular weight is 166 g/mol. The van der Waals surface area contributed by atoms with Crippen molar-refractivity contribution in [3.63, 3.8) is 0 Å². The Morgan fingerprint density at radius 1 is 1.55 bits per heavy atom. The van der Waals surface area contributed by atoms with Gasteiger partial charge in [0.15, 0.2) is 0 Å². The van der Waals surface area contributed by atoms with Gasteiger partial charge in [0, 0.05) is 5.57 Å². The summed E-state index contributed by atoms with van der Waals surface area (Å²) in [4.78, 5) is 10.4. The van der Waals surface area contributed by atoms with Crippen LogP contribution >= 0.6 is 0 Å². The van der Waals surface area contributed by atoms with Crippen LogP contribution in [0.25, 0.3) is 0 Å². The molecule has 0 fully saturated rings. The van der Waals surface area contributed by atoms with Gasteiger partial charge in [-0.3, -0.25) is 0 Å². The standard InChI is InChI=1S/C8H14O2.Na.H/c1-3-5-7(6-4-2)8(9)10;;/h5H,3-4,6H2,1-2H3,(H,9,10);;/q;+1;-1/b7-5+;;. The molecule has 0 aromatic carbocycles. The van der Waals surface area contributed by atoms with E-state index in [1.54, 1.807) is 6.08 Å². The zero-order valence-corrected chi connectivity index (χ0v) is 9.55. The minimum absolute atomic E-state index is 0. The summed E-state index contributed by atoms with van der Waals surface area (Å²) in [5, 5.41) is 8.57. The third-order valence-electron chi connectivity index (χ3n) is 1.24. The Morgan fingerprint density at radius 2 is 2.09 bits per heavy atom. The normalized spacial score (nSPS) is 10.5. The summed E-state index contributed by atoms with van der Waals surface area (Å²) in [5.41, 5.74) is 0.546.